The molecule has 1 N–H and O–H groups in total. The van der Waals surface area contributed by atoms with Crippen molar-refractivity contribution in [3.05, 3.63) is 64.8 Å². The Labute approximate surface area is 146 Å². The van der Waals surface area contributed by atoms with Gasteiger partial charge in [-0.3, -0.25) is 4.79 Å². The zero-order valence-corrected chi connectivity index (χ0v) is 14.4. The molecule has 1 heterocycles. The van der Waals surface area contributed by atoms with Gasteiger partial charge in [0, 0.05) is 34.3 Å². The number of aromatic nitrogens is 1. The van der Waals surface area contributed by atoms with Crippen LogP contribution in [0.15, 0.2) is 48.7 Å². The van der Waals surface area contributed by atoms with Gasteiger partial charge in [0.15, 0.2) is 5.78 Å². The van der Waals surface area contributed by atoms with Crippen LogP contribution in [0.2, 0.25) is 5.02 Å². The molecule has 0 radical (unpaired) electrons. The molecule has 0 aliphatic carbocycles. The molecule has 2 aromatic carbocycles. The summed E-state index contributed by atoms with van der Waals surface area (Å²) >= 11 is 5.89. The SMILES string of the molecule is CN(C)CCOc1ccc(C(=O)c2ccc(Cl)cc2)c2[nH]ccc12. The molecular weight excluding hydrogens is 324 g/mol. The standard InChI is InChI=1S/C19H19ClN2O2/c1-22(2)11-12-24-17-8-7-16(18-15(17)9-10-21-18)19(23)13-3-5-14(20)6-4-13/h3-10,21H,11-12H2,1-2H3. The maximum absolute atomic E-state index is 12.8. The van der Waals surface area contributed by atoms with Gasteiger partial charge < -0.3 is 14.6 Å². The molecule has 0 saturated heterocycles. The van der Waals surface area contributed by atoms with Crippen molar-refractivity contribution in [1.82, 2.24) is 9.88 Å². The van der Waals surface area contributed by atoms with Gasteiger partial charge in [-0.1, -0.05) is 11.6 Å². The second-order valence-corrected chi connectivity index (χ2v) is 6.30. The van der Waals surface area contributed by atoms with E-state index in [-0.39, 0.29) is 5.78 Å². The molecule has 4 nitrogen and oxygen atoms in total. The fourth-order valence-corrected chi connectivity index (χ4v) is 2.67. The number of carbonyl (C=O) groups excluding carboxylic acids is 1. The molecule has 0 bridgehead atoms. The molecule has 0 saturated carbocycles. The number of fused-ring (bicyclic) bond motifs is 1. The highest BCUT2D eigenvalue weighted by Gasteiger charge is 2.16. The van der Waals surface area contributed by atoms with Crippen LogP contribution in [0.3, 0.4) is 0 Å². The average molecular weight is 343 g/mol. The minimum atomic E-state index is -0.0426. The molecule has 0 aliphatic heterocycles. The minimum absolute atomic E-state index is 0.0426. The van der Waals surface area contributed by atoms with E-state index < -0.39 is 0 Å². The van der Waals surface area contributed by atoms with Gasteiger partial charge in [0.05, 0.1) is 5.52 Å². The van der Waals surface area contributed by atoms with Crippen molar-refractivity contribution in [2.45, 2.75) is 0 Å². The van der Waals surface area contributed by atoms with Crippen molar-refractivity contribution in [3.8, 4) is 5.75 Å². The smallest absolute Gasteiger partial charge is 0.195 e. The number of ether oxygens (including phenoxy) is 1. The van der Waals surface area contributed by atoms with Gasteiger partial charge in [0.1, 0.15) is 12.4 Å². The van der Waals surface area contributed by atoms with Crippen LogP contribution in [-0.2, 0) is 0 Å². The van der Waals surface area contributed by atoms with Crippen LogP contribution in [-0.4, -0.2) is 42.9 Å². The number of hydrogen-bond donors (Lipinski definition) is 1. The van der Waals surface area contributed by atoms with Crippen LogP contribution in [0.1, 0.15) is 15.9 Å². The average Bonchev–Trinajstić information content (AvgIpc) is 3.04. The third-order valence-corrected chi connectivity index (χ3v) is 4.08. The van der Waals surface area contributed by atoms with E-state index in [1.54, 1.807) is 30.3 Å². The normalized spacial score (nSPS) is 11.2. The number of carbonyl (C=O) groups is 1. The summed E-state index contributed by atoms with van der Waals surface area (Å²) < 4.78 is 5.85. The molecule has 0 aliphatic rings. The number of hydrogen-bond acceptors (Lipinski definition) is 3. The van der Waals surface area contributed by atoms with Crippen LogP contribution in [0.4, 0.5) is 0 Å². The number of rotatable bonds is 6. The predicted octanol–water partition coefficient (Wildman–Crippen LogP) is 3.99. The first-order valence-electron chi connectivity index (χ1n) is 7.74. The molecule has 0 unspecified atom stereocenters. The van der Waals surface area contributed by atoms with Crippen LogP contribution < -0.4 is 4.74 Å². The second kappa shape index (κ2) is 7.07. The van der Waals surface area contributed by atoms with Crippen molar-refractivity contribution < 1.29 is 9.53 Å². The number of ketones is 1. The number of nitrogens with one attached hydrogen (secondary N) is 1. The van der Waals surface area contributed by atoms with E-state index in [0.29, 0.717) is 22.8 Å². The molecule has 3 rings (SSSR count). The maximum atomic E-state index is 12.8. The van der Waals surface area contributed by atoms with Crippen LogP contribution >= 0.6 is 11.6 Å². The summed E-state index contributed by atoms with van der Waals surface area (Å²) in [5.41, 5.74) is 2.02. The van der Waals surface area contributed by atoms with Crippen LogP contribution in [0, 0.1) is 0 Å². The Morgan fingerprint density at radius 1 is 1.12 bits per heavy atom. The molecule has 3 aromatic rings. The van der Waals surface area contributed by atoms with E-state index in [1.807, 2.05) is 32.4 Å². The molecule has 1 aromatic heterocycles. The first-order chi connectivity index (χ1) is 11.6. The van der Waals surface area contributed by atoms with Crippen LogP contribution in [0.5, 0.6) is 5.75 Å². The number of likely N-dealkylation sites (N-methyl/N-ethyl adjacent to an activating group) is 1. The Hall–Kier alpha value is -2.30. The van der Waals surface area contributed by atoms with Gasteiger partial charge in [-0.15, -0.1) is 0 Å². The zero-order chi connectivity index (χ0) is 17.1. The van der Waals surface area contributed by atoms with Crippen molar-refractivity contribution in [3.63, 3.8) is 0 Å². The predicted molar refractivity (Wildman–Crippen MR) is 97.2 cm³/mol. The Bertz CT molecular complexity index is 853. The topological polar surface area (TPSA) is 45.3 Å². The first-order valence-corrected chi connectivity index (χ1v) is 8.12. The summed E-state index contributed by atoms with van der Waals surface area (Å²) in [5.74, 6) is 0.736. The minimum Gasteiger partial charge on any atom is -0.492 e. The number of aromatic amines is 1. The Kier molecular flexibility index (Phi) is 4.88. The summed E-state index contributed by atoms with van der Waals surface area (Å²) in [7, 11) is 4.01. The summed E-state index contributed by atoms with van der Waals surface area (Å²) in [6, 6.07) is 12.5. The Morgan fingerprint density at radius 2 is 1.88 bits per heavy atom. The fraction of sp³-hybridized carbons (Fsp3) is 0.211. The molecule has 0 atom stereocenters. The molecule has 5 heteroatoms. The van der Waals surface area contributed by atoms with E-state index in [0.717, 1.165) is 23.2 Å². The third kappa shape index (κ3) is 3.45. The van der Waals surface area contributed by atoms with E-state index in [9.17, 15) is 4.79 Å². The van der Waals surface area contributed by atoms with Gasteiger partial charge in [0.25, 0.3) is 0 Å². The highest BCUT2D eigenvalue weighted by molar-refractivity contribution is 6.30. The lowest BCUT2D eigenvalue weighted by molar-refractivity contribution is 0.104. The molecule has 124 valence electrons. The number of nitrogens with zero attached hydrogens (tertiary/aromatic N) is 1. The lowest BCUT2D eigenvalue weighted by Gasteiger charge is -2.12. The first kappa shape index (κ1) is 16.6. The van der Waals surface area contributed by atoms with Crippen molar-refractivity contribution in [2.24, 2.45) is 0 Å². The van der Waals surface area contributed by atoms with Gasteiger partial charge in [0.2, 0.25) is 0 Å². The van der Waals surface area contributed by atoms with Crippen molar-refractivity contribution in [2.75, 3.05) is 27.2 Å². The summed E-state index contributed by atoms with van der Waals surface area (Å²) in [5, 5.41) is 1.52. The summed E-state index contributed by atoms with van der Waals surface area (Å²) in [6.07, 6.45) is 1.82. The highest BCUT2D eigenvalue weighted by atomic mass is 35.5. The van der Waals surface area contributed by atoms with Gasteiger partial charge in [-0.2, -0.15) is 0 Å². The van der Waals surface area contributed by atoms with Crippen molar-refractivity contribution >= 4 is 28.3 Å². The molecule has 0 spiro atoms. The van der Waals surface area contributed by atoms with Gasteiger partial charge in [-0.05, 0) is 56.6 Å². The lowest BCUT2D eigenvalue weighted by atomic mass is 10.0. The van der Waals surface area contributed by atoms with Crippen LogP contribution in [0.25, 0.3) is 10.9 Å². The highest BCUT2D eigenvalue weighted by Crippen LogP contribution is 2.29. The van der Waals surface area contributed by atoms with Crippen molar-refractivity contribution in [1.29, 1.82) is 0 Å². The van der Waals surface area contributed by atoms with E-state index in [4.69, 9.17) is 16.3 Å². The summed E-state index contributed by atoms with van der Waals surface area (Å²) in [4.78, 5) is 18.0. The van der Waals surface area contributed by atoms with E-state index >= 15 is 0 Å². The zero-order valence-electron chi connectivity index (χ0n) is 13.7. The number of benzene rings is 2. The Balaban J connectivity index is 1.91. The van der Waals surface area contributed by atoms with Gasteiger partial charge >= 0.3 is 0 Å². The molecule has 0 fully saturated rings. The van der Waals surface area contributed by atoms with E-state index in [2.05, 4.69) is 9.88 Å². The third-order valence-electron chi connectivity index (χ3n) is 3.83. The second-order valence-electron chi connectivity index (χ2n) is 5.87. The van der Waals surface area contributed by atoms with Gasteiger partial charge in [-0.25, -0.2) is 0 Å². The number of halogens is 1. The maximum Gasteiger partial charge on any atom is 0.195 e. The van der Waals surface area contributed by atoms with E-state index in [1.165, 1.54) is 0 Å². The molecule has 0 amide bonds. The molecule has 24 heavy (non-hydrogen) atoms. The number of H-pyrrole nitrogens is 1. The quantitative estimate of drug-likeness (QED) is 0.689. The molecular formula is C19H19ClN2O2. The fourth-order valence-electron chi connectivity index (χ4n) is 2.54. The monoisotopic (exact) mass is 342 g/mol. The Morgan fingerprint density at radius 3 is 2.58 bits per heavy atom. The largest absolute Gasteiger partial charge is 0.492 e. The lowest BCUT2D eigenvalue weighted by Crippen LogP contribution is -2.19. The summed E-state index contributed by atoms with van der Waals surface area (Å²) in [6.45, 7) is 1.43.